The lowest BCUT2D eigenvalue weighted by Crippen LogP contribution is -2.45. The van der Waals surface area contributed by atoms with Crippen LogP contribution in [-0.2, 0) is 6.42 Å². The molecule has 2 aromatic rings. The summed E-state index contributed by atoms with van der Waals surface area (Å²) in [6, 6.07) is 14.5. The first-order valence-corrected chi connectivity index (χ1v) is 9.00. The van der Waals surface area contributed by atoms with Crippen LogP contribution in [0.2, 0.25) is 5.02 Å². The molecule has 1 unspecified atom stereocenters. The maximum absolute atomic E-state index is 6.25. The van der Waals surface area contributed by atoms with Crippen molar-refractivity contribution in [1.82, 2.24) is 15.6 Å². The average Bonchev–Trinajstić information content (AvgIpc) is 3.10. The highest BCUT2D eigenvalue weighted by molar-refractivity contribution is 14.0. The molecule has 0 spiro atoms. The van der Waals surface area contributed by atoms with Gasteiger partial charge in [-0.25, -0.2) is 4.98 Å². The van der Waals surface area contributed by atoms with Crippen LogP contribution in [-0.4, -0.2) is 43.7 Å². The zero-order valence-corrected chi connectivity index (χ0v) is 17.9. The minimum atomic E-state index is 0. The third-order valence-corrected chi connectivity index (χ3v) is 4.64. The van der Waals surface area contributed by atoms with E-state index in [0.29, 0.717) is 11.1 Å². The summed E-state index contributed by atoms with van der Waals surface area (Å²) in [5.41, 5.74) is 1.32. The van der Waals surface area contributed by atoms with E-state index in [9.17, 15) is 0 Å². The molecule has 1 aliphatic rings. The molecule has 1 aromatic heterocycles. The van der Waals surface area contributed by atoms with E-state index in [0.717, 1.165) is 44.3 Å². The van der Waals surface area contributed by atoms with Gasteiger partial charge >= 0.3 is 0 Å². The fraction of sp³-hybridized carbons (Fsp3) is 0.368. The number of aromatic nitrogens is 1. The fourth-order valence-electron chi connectivity index (χ4n) is 3.04. The molecule has 0 saturated carbocycles. The molecule has 1 aromatic carbocycles. The summed E-state index contributed by atoms with van der Waals surface area (Å²) in [6.45, 7) is 2.66. The maximum Gasteiger partial charge on any atom is 0.191 e. The van der Waals surface area contributed by atoms with E-state index in [2.05, 4.69) is 49.8 Å². The zero-order valence-electron chi connectivity index (χ0n) is 14.9. The van der Waals surface area contributed by atoms with Crippen molar-refractivity contribution in [3.8, 4) is 0 Å². The van der Waals surface area contributed by atoms with Crippen molar-refractivity contribution in [2.24, 2.45) is 4.99 Å². The normalized spacial score (nSPS) is 16.9. The summed E-state index contributed by atoms with van der Waals surface area (Å²) in [5, 5.41) is 7.59. The second-order valence-electron chi connectivity index (χ2n) is 6.12. The highest BCUT2D eigenvalue weighted by Gasteiger charge is 2.25. The van der Waals surface area contributed by atoms with E-state index in [1.54, 1.807) is 13.2 Å². The molecular weight excluding hydrogens is 461 g/mol. The van der Waals surface area contributed by atoms with Crippen molar-refractivity contribution in [2.45, 2.75) is 18.9 Å². The standard InChI is InChI=1S/C19H24ClN5.HI/c1-21-19(23-12-9-15-6-3-2-4-7-15)24-16-10-13-25(14-16)18-17(20)8-5-11-22-18;/h2-8,11,16H,9-10,12-14H2,1H3,(H2,21,23,24);1H. The Balaban J connectivity index is 0.00000243. The van der Waals surface area contributed by atoms with Gasteiger partial charge in [-0.2, -0.15) is 0 Å². The Morgan fingerprint density at radius 2 is 2.08 bits per heavy atom. The molecule has 2 heterocycles. The molecule has 1 fully saturated rings. The molecule has 1 aliphatic heterocycles. The first kappa shape index (κ1) is 20.8. The van der Waals surface area contributed by atoms with Crippen LogP contribution >= 0.6 is 35.6 Å². The van der Waals surface area contributed by atoms with Gasteiger partial charge in [0.25, 0.3) is 0 Å². The summed E-state index contributed by atoms with van der Waals surface area (Å²) in [4.78, 5) is 10.9. The summed E-state index contributed by atoms with van der Waals surface area (Å²) in [6.07, 6.45) is 3.79. The number of nitrogens with zero attached hydrogens (tertiary/aromatic N) is 3. The first-order chi connectivity index (χ1) is 12.3. The van der Waals surface area contributed by atoms with Gasteiger partial charge in [-0.05, 0) is 30.5 Å². The Morgan fingerprint density at radius 3 is 2.81 bits per heavy atom. The van der Waals surface area contributed by atoms with Crippen LogP contribution in [0.25, 0.3) is 0 Å². The Labute approximate surface area is 177 Å². The summed E-state index contributed by atoms with van der Waals surface area (Å²) in [7, 11) is 1.81. The number of guanidine groups is 1. The van der Waals surface area contributed by atoms with E-state index in [1.807, 2.05) is 18.2 Å². The number of halogens is 2. The lowest BCUT2D eigenvalue weighted by Gasteiger charge is -2.20. The van der Waals surface area contributed by atoms with Gasteiger partial charge in [0.2, 0.25) is 0 Å². The second-order valence-corrected chi connectivity index (χ2v) is 6.53. The predicted molar refractivity (Wildman–Crippen MR) is 120 cm³/mol. The van der Waals surface area contributed by atoms with E-state index < -0.39 is 0 Å². The Kier molecular flexibility index (Phi) is 8.44. The largest absolute Gasteiger partial charge is 0.356 e. The third-order valence-electron chi connectivity index (χ3n) is 4.34. The van der Waals surface area contributed by atoms with Gasteiger partial charge < -0.3 is 15.5 Å². The van der Waals surface area contributed by atoms with E-state index >= 15 is 0 Å². The number of benzene rings is 1. The van der Waals surface area contributed by atoms with Crippen LogP contribution in [0.1, 0.15) is 12.0 Å². The van der Waals surface area contributed by atoms with E-state index in [4.69, 9.17) is 11.6 Å². The van der Waals surface area contributed by atoms with Gasteiger partial charge in [0.15, 0.2) is 5.96 Å². The Morgan fingerprint density at radius 1 is 1.27 bits per heavy atom. The number of pyridine rings is 1. The van der Waals surface area contributed by atoms with Gasteiger partial charge in [0.1, 0.15) is 5.82 Å². The van der Waals surface area contributed by atoms with Crippen LogP contribution in [0.4, 0.5) is 5.82 Å². The lowest BCUT2D eigenvalue weighted by molar-refractivity contribution is 0.648. The van der Waals surface area contributed by atoms with Gasteiger partial charge in [-0.3, -0.25) is 4.99 Å². The number of hydrogen-bond donors (Lipinski definition) is 2. The smallest absolute Gasteiger partial charge is 0.191 e. The van der Waals surface area contributed by atoms with Gasteiger partial charge in [-0.1, -0.05) is 41.9 Å². The van der Waals surface area contributed by atoms with Crippen molar-refractivity contribution in [2.75, 3.05) is 31.6 Å². The molecule has 7 heteroatoms. The molecule has 0 radical (unpaired) electrons. The molecular formula is C19H25ClIN5. The Hall–Kier alpha value is -1.54. The Bertz CT molecular complexity index is 710. The monoisotopic (exact) mass is 485 g/mol. The predicted octanol–water partition coefficient (Wildman–Crippen LogP) is 3.34. The molecule has 0 aliphatic carbocycles. The topological polar surface area (TPSA) is 52.6 Å². The number of aliphatic imine (C=N–C) groups is 1. The maximum atomic E-state index is 6.25. The average molecular weight is 486 g/mol. The summed E-state index contributed by atoms with van der Waals surface area (Å²) in [5.74, 6) is 1.70. The number of nitrogens with one attached hydrogen (secondary N) is 2. The number of anilines is 1. The number of rotatable bonds is 5. The van der Waals surface area contributed by atoms with E-state index in [1.165, 1.54) is 5.56 Å². The minimum Gasteiger partial charge on any atom is -0.356 e. The molecule has 2 N–H and O–H groups in total. The van der Waals surface area contributed by atoms with E-state index in [-0.39, 0.29) is 24.0 Å². The molecule has 0 bridgehead atoms. The van der Waals surface area contributed by atoms with Gasteiger partial charge in [0, 0.05) is 38.9 Å². The molecule has 5 nitrogen and oxygen atoms in total. The molecule has 26 heavy (non-hydrogen) atoms. The van der Waals surface area contributed by atoms with Crippen LogP contribution in [0.15, 0.2) is 53.7 Å². The van der Waals surface area contributed by atoms with Crippen LogP contribution in [0, 0.1) is 0 Å². The second kappa shape index (κ2) is 10.6. The summed E-state index contributed by atoms with van der Waals surface area (Å²) < 4.78 is 0. The minimum absolute atomic E-state index is 0. The van der Waals surface area contributed by atoms with Crippen molar-refractivity contribution >= 4 is 47.4 Å². The van der Waals surface area contributed by atoms with Crippen molar-refractivity contribution in [3.05, 3.63) is 59.2 Å². The van der Waals surface area contributed by atoms with Crippen molar-refractivity contribution < 1.29 is 0 Å². The SMILES string of the molecule is CN=C(NCCc1ccccc1)NC1CCN(c2ncccc2Cl)C1.I. The fourth-order valence-corrected chi connectivity index (χ4v) is 3.28. The first-order valence-electron chi connectivity index (χ1n) is 8.63. The van der Waals surface area contributed by atoms with Crippen LogP contribution in [0.3, 0.4) is 0 Å². The number of hydrogen-bond acceptors (Lipinski definition) is 3. The van der Waals surface area contributed by atoms with Gasteiger partial charge in [-0.15, -0.1) is 24.0 Å². The molecule has 1 saturated heterocycles. The van der Waals surface area contributed by atoms with Crippen LogP contribution < -0.4 is 15.5 Å². The third kappa shape index (κ3) is 5.74. The van der Waals surface area contributed by atoms with Gasteiger partial charge in [0.05, 0.1) is 5.02 Å². The molecule has 140 valence electrons. The quantitative estimate of drug-likeness (QED) is 0.387. The lowest BCUT2D eigenvalue weighted by atomic mass is 10.1. The van der Waals surface area contributed by atoms with Crippen LogP contribution in [0.5, 0.6) is 0 Å². The summed E-state index contributed by atoms with van der Waals surface area (Å²) >= 11 is 6.25. The zero-order chi connectivity index (χ0) is 17.5. The highest BCUT2D eigenvalue weighted by atomic mass is 127. The molecule has 3 rings (SSSR count). The highest BCUT2D eigenvalue weighted by Crippen LogP contribution is 2.25. The van der Waals surface area contributed by atoms with Crippen molar-refractivity contribution in [1.29, 1.82) is 0 Å². The van der Waals surface area contributed by atoms with Crippen molar-refractivity contribution in [3.63, 3.8) is 0 Å². The molecule has 1 atom stereocenters. The molecule has 0 amide bonds.